The molecule has 0 aromatic rings. The summed E-state index contributed by atoms with van der Waals surface area (Å²) < 4.78 is 0. The summed E-state index contributed by atoms with van der Waals surface area (Å²) in [6.45, 7) is 1.22. The van der Waals surface area contributed by atoms with Crippen molar-refractivity contribution in [1.29, 1.82) is 0 Å². The van der Waals surface area contributed by atoms with E-state index in [1.54, 1.807) is 18.9 Å². The molecule has 0 fully saturated rings. The lowest BCUT2D eigenvalue weighted by Gasteiger charge is -2.30. The Morgan fingerprint density at radius 2 is 2.11 bits per heavy atom. The monoisotopic (exact) mass is 263 g/mol. The van der Waals surface area contributed by atoms with Crippen molar-refractivity contribution in [2.24, 2.45) is 20.0 Å². The molecular formula is C11H17N7O. The van der Waals surface area contributed by atoms with E-state index in [2.05, 4.69) is 35.9 Å². The minimum absolute atomic E-state index is 0.0480. The first-order valence-corrected chi connectivity index (χ1v) is 6.33. The van der Waals surface area contributed by atoms with Gasteiger partial charge in [-0.25, -0.2) is 9.98 Å². The molecule has 0 aromatic carbocycles. The molecule has 3 aliphatic heterocycles. The fraction of sp³-hybridized carbons (Fsp3) is 0.636. The van der Waals surface area contributed by atoms with Crippen LogP contribution >= 0.6 is 0 Å². The Balaban J connectivity index is 1.52. The Bertz CT molecular complexity index is 444. The highest BCUT2D eigenvalue weighted by Crippen LogP contribution is 2.10. The maximum Gasteiger partial charge on any atom is 0.166 e. The van der Waals surface area contributed by atoms with Crippen molar-refractivity contribution < 1.29 is 5.11 Å². The summed E-state index contributed by atoms with van der Waals surface area (Å²) >= 11 is 0. The summed E-state index contributed by atoms with van der Waals surface area (Å²) in [5.41, 5.74) is 0.893. The highest BCUT2D eigenvalue weighted by atomic mass is 16.3. The fourth-order valence-electron chi connectivity index (χ4n) is 2.20. The van der Waals surface area contributed by atoms with Gasteiger partial charge < -0.3 is 15.7 Å². The minimum atomic E-state index is -0.0852. The molecule has 19 heavy (non-hydrogen) atoms. The first-order chi connectivity index (χ1) is 9.36. The number of fused-ring (bicyclic) bond motifs is 1. The molecule has 3 heterocycles. The van der Waals surface area contributed by atoms with E-state index in [0.29, 0.717) is 13.1 Å². The van der Waals surface area contributed by atoms with Crippen molar-refractivity contribution in [3.63, 3.8) is 0 Å². The second-order valence-electron chi connectivity index (χ2n) is 4.63. The van der Waals surface area contributed by atoms with E-state index < -0.39 is 0 Å². The van der Waals surface area contributed by atoms with Gasteiger partial charge in [-0.05, 0) is 0 Å². The number of hydrogen-bond acceptors (Lipinski definition) is 8. The fourth-order valence-corrected chi connectivity index (χ4v) is 2.20. The van der Waals surface area contributed by atoms with Crippen LogP contribution in [0.3, 0.4) is 0 Å². The molecule has 0 aromatic heterocycles. The highest BCUT2D eigenvalue weighted by Gasteiger charge is 2.33. The Labute approximate surface area is 110 Å². The lowest BCUT2D eigenvalue weighted by Crippen LogP contribution is -2.60. The number of aliphatic imine (C=N–C) groups is 4. The van der Waals surface area contributed by atoms with E-state index >= 15 is 0 Å². The predicted octanol–water partition coefficient (Wildman–Crippen LogP) is -2.25. The van der Waals surface area contributed by atoms with Crippen molar-refractivity contribution in [2.45, 2.75) is 24.4 Å². The Hall–Kier alpha value is -1.80. The van der Waals surface area contributed by atoms with E-state index in [4.69, 9.17) is 5.11 Å². The Morgan fingerprint density at radius 3 is 2.84 bits per heavy atom. The van der Waals surface area contributed by atoms with Crippen LogP contribution in [-0.2, 0) is 0 Å². The van der Waals surface area contributed by atoms with Crippen molar-refractivity contribution >= 4 is 24.6 Å². The quantitative estimate of drug-likeness (QED) is 0.459. The first-order valence-electron chi connectivity index (χ1n) is 6.33. The zero-order valence-electron chi connectivity index (χ0n) is 10.4. The molecule has 3 aliphatic rings. The molecule has 0 bridgehead atoms. The van der Waals surface area contributed by atoms with E-state index in [0.717, 1.165) is 5.71 Å². The summed E-state index contributed by atoms with van der Waals surface area (Å²) in [7, 11) is 0. The number of hydrogen-bond donors (Lipinski definition) is 4. The lowest BCUT2D eigenvalue weighted by molar-refractivity contribution is 0.269. The van der Waals surface area contributed by atoms with Crippen LogP contribution in [0.1, 0.15) is 0 Å². The van der Waals surface area contributed by atoms with E-state index in [-0.39, 0.29) is 31.0 Å². The molecule has 102 valence electrons. The molecule has 3 rings (SSSR count). The van der Waals surface area contributed by atoms with Crippen LogP contribution in [0.15, 0.2) is 20.0 Å². The molecule has 0 amide bonds. The van der Waals surface area contributed by atoms with Gasteiger partial charge in [0.2, 0.25) is 0 Å². The lowest BCUT2D eigenvalue weighted by atomic mass is 10.1. The molecule has 0 spiro atoms. The number of aliphatic hydroxyl groups excluding tert-OH is 1. The van der Waals surface area contributed by atoms with Gasteiger partial charge in [0.25, 0.3) is 0 Å². The van der Waals surface area contributed by atoms with Crippen molar-refractivity contribution in [2.75, 3.05) is 19.7 Å². The van der Waals surface area contributed by atoms with Gasteiger partial charge in [0.1, 0.15) is 12.2 Å². The second-order valence-corrected chi connectivity index (χ2v) is 4.63. The highest BCUT2D eigenvalue weighted by molar-refractivity contribution is 6.32. The van der Waals surface area contributed by atoms with Crippen LogP contribution in [0, 0.1) is 0 Å². The van der Waals surface area contributed by atoms with Crippen molar-refractivity contribution in [3.05, 3.63) is 0 Å². The normalized spacial score (nSPS) is 35.5. The maximum atomic E-state index is 8.97. The molecule has 4 atom stereocenters. The van der Waals surface area contributed by atoms with E-state index in [9.17, 15) is 0 Å². The number of nitrogens with one attached hydrogen (secondary N) is 3. The maximum absolute atomic E-state index is 8.97. The molecule has 8 nitrogen and oxygen atoms in total. The van der Waals surface area contributed by atoms with E-state index in [1.165, 1.54) is 0 Å². The van der Waals surface area contributed by atoms with Crippen molar-refractivity contribution in [3.8, 4) is 0 Å². The van der Waals surface area contributed by atoms with Crippen LogP contribution in [0.2, 0.25) is 0 Å². The molecular weight excluding hydrogens is 246 g/mol. The topological polar surface area (TPSA) is 106 Å². The Morgan fingerprint density at radius 1 is 1.26 bits per heavy atom. The van der Waals surface area contributed by atoms with Crippen LogP contribution in [-0.4, -0.2) is 73.8 Å². The Kier molecular flexibility index (Phi) is 3.51. The van der Waals surface area contributed by atoms with Crippen LogP contribution in [0.25, 0.3) is 0 Å². The molecule has 4 N–H and O–H groups in total. The van der Waals surface area contributed by atoms with Crippen LogP contribution in [0.5, 0.6) is 0 Å². The van der Waals surface area contributed by atoms with Crippen molar-refractivity contribution in [1.82, 2.24) is 16.0 Å². The second kappa shape index (κ2) is 5.45. The van der Waals surface area contributed by atoms with Gasteiger partial charge in [0.15, 0.2) is 6.17 Å². The van der Waals surface area contributed by atoms with Gasteiger partial charge in [-0.3, -0.25) is 15.3 Å². The average molecular weight is 263 g/mol. The SMILES string of the molecule is OCC1CN=C(CNC2NC=NC3N=CNC32)C=N1. The third kappa shape index (κ3) is 2.64. The summed E-state index contributed by atoms with van der Waals surface area (Å²) in [4.78, 5) is 17.1. The van der Waals surface area contributed by atoms with Gasteiger partial charge >= 0.3 is 0 Å². The van der Waals surface area contributed by atoms with Crippen LogP contribution < -0.4 is 16.0 Å². The van der Waals surface area contributed by atoms with Gasteiger partial charge in [-0.1, -0.05) is 0 Å². The summed E-state index contributed by atoms with van der Waals surface area (Å²) in [6, 6.07) is 0.0364. The third-order valence-electron chi connectivity index (χ3n) is 3.31. The average Bonchev–Trinajstić information content (AvgIpc) is 2.94. The summed E-state index contributed by atoms with van der Waals surface area (Å²) in [5.74, 6) is 0. The number of nitrogens with zero attached hydrogens (tertiary/aromatic N) is 4. The predicted molar refractivity (Wildman–Crippen MR) is 74.3 cm³/mol. The molecule has 0 saturated heterocycles. The minimum Gasteiger partial charge on any atom is -0.394 e. The zero-order chi connectivity index (χ0) is 13.1. The number of aliphatic hydroxyl groups is 1. The van der Waals surface area contributed by atoms with E-state index in [1.807, 2.05) is 0 Å². The third-order valence-corrected chi connectivity index (χ3v) is 3.31. The molecule has 0 saturated carbocycles. The summed E-state index contributed by atoms with van der Waals surface area (Å²) in [6.07, 6.45) is 5.10. The van der Waals surface area contributed by atoms with Gasteiger partial charge in [-0.2, -0.15) is 0 Å². The largest absolute Gasteiger partial charge is 0.394 e. The molecule has 4 unspecified atom stereocenters. The number of rotatable bonds is 4. The first kappa shape index (κ1) is 12.2. The zero-order valence-corrected chi connectivity index (χ0v) is 10.4. The summed E-state index contributed by atoms with van der Waals surface area (Å²) in [5, 5.41) is 18.7. The molecule has 0 aliphatic carbocycles. The molecule has 8 heteroatoms. The van der Waals surface area contributed by atoms with Gasteiger partial charge in [-0.15, -0.1) is 0 Å². The standard InChI is InChI=1S/C11H17N7O/c19-4-8-3-12-7(1-13-8)2-14-10-9-11(16-5-15-9)18-6-17-10/h1,5-6,8-11,14,19H,2-4H2,(H,15,16)(H,17,18). The van der Waals surface area contributed by atoms with Crippen LogP contribution in [0.4, 0.5) is 0 Å². The van der Waals surface area contributed by atoms with Gasteiger partial charge in [0, 0.05) is 12.8 Å². The molecule has 0 radical (unpaired) electrons. The smallest absolute Gasteiger partial charge is 0.166 e. The van der Waals surface area contributed by atoms with Gasteiger partial charge in [0.05, 0.1) is 37.6 Å².